The lowest BCUT2D eigenvalue weighted by atomic mass is 10.2. The van der Waals surface area contributed by atoms with E-state index in [1.165, 1.54) is 23.7 Å². The zero-order valence-electron chi connectivity index (χ0n) is 8.71. The minimum Gasteiger partial charge on any atom is -0.331 e. The van der Waals surface area contributed by atoms with Gasteiger partial charge in [-0.2, -0.15) is 4.37 Å². The quantitative estimate of drug-likeness (QED) is 0.716. The van der Waals surface area contributed by atoms with Gasteiger partial charge >= 0.3 is 0 Å². The second-order valence-electron chi connectivity index (χ2n) is 3.50. The van der Waals surface area contributed by atoms with Crippen LogP contribution >= 0.6 is 23.9 Å². The van der Waals surface area contributed by atoms with Crippen molar-refractivity contribution in [1.82, 2.24) is 13.9 Å². The number of hydrogen-bond acceptors (Lipinski definition) is 3. The Hall–Kier alpha value is -1.46. The van der Waals surface area contributed by atoms with Crippen molar-refractivity contribution in [3.63, 3.8) is 0 Å². The van der Waals surface area contributed by atoms with E-state index in [1.54, 1.807) is 18.6 Å². The molecule has 0 aliphatic heterocycles. The molecule has 0 unspecified atom stereocenters. The van der Waals surface area contributed by atoms with E-state index in [0.29, 0.717) is 6.54 Å². The number of nitrogens with zero attached hydrogens (tertiary/aromatic N) is 3. The fraction of sp³-hybridized carbons (Fsp3) is 0.0909. The molecule has 0 aliphatic carbocycles. The first-order valence-electron chi connectivity index (χ1n) is 4.82. The first kappa shape index (κ1) is 12.0. The predicted octanol–water partition coefficient (Wildman–Crippen LogP) is 3.10. The zero-order valence-corrected chi connectivity index (χ0v) is 10.3. The van der Waals surface area contributed by atoms with Crippen molar-refractivity contribution in [2.45, 2.75) is 6.54 Å². The largest absolute Gasteiger partial charge is 0.331 e. The summed E-state index contributed by atoms with van der Waals surface area (Å²) in [5, 5.41) is 0.888. The molecule has 2 aromatic heterocycles. The first-order valence-corrected chi connectivity index (χ1v) is 5.60. The van der Waals surface area contributed by atoms with Gasteiger partial charge < -0.3 is 4.57 Å². The highest BCUT2D eigenvalue weighted by molar-refractivity contribution is 7.13. The molecule has 3 rings (SSSR count). The third-order valence-corrected chi connectivity index (χ3v) is 3.26. The number of aromatic nitrogens is 3. The number of fused-ring (bicyclic) bond motifs is 1. The summed E-state index contributed by atoms with van der Waals surface area (Å²) in [6.45, 7) is 0.628. The van der Waals surface area contributed by atoms with Crippen LogP contribution in [-0.2, 0) is 6.54 Å². The first-order chi connectivity index (χ1) is 7.83. The van der Waals surface area contributed by atoms with Crippen molar-refractivity contribution < 1.29 is 4.39 Å². The Morgan fingerprint density at radius 3 is 3.00 bits per heavy atom. The van der Waals surface area contributed by atoms with Crippen molar-refractivity contribution in [2.24, 2.45) is 0 Å². The molecular weight excluding hydrogens is 261 g/mol. The summed E-state index contributed by atoms with van der Waals surface area (Å²) in [7, 11) is 0. The molecule has 0 radical (unpaired) electrons. The molecule has 88 valence electrons. The van der Waals surface area contributed by atoms with E-state index >= 15 is 0 Å². The summed E-state index contributed by atoms with van der Waals surface area (Å²) in [6.07, 6.45) is 5.31. The highest BCUT2D eigenvalue weighted by Gasteiger charge is 2.07. The van der Waals surface area contributed by atoms with Crippen LogP contribution in [0.3, 0.4) is 0 Å². The Kier molecular flexibility index (Phi) is 3.40. The second kappa shape index (κ2) is 4.81. The van der Waals surface area contributed by atoms with Crippen LogP contribution in [0.25, 0.3) is 10.1 Å². The van der Waals surface area contributed by atoms with Gasteiger partial charge in [0.1, 0.15) is 5.82 Å². The Morgan fingerprint density at radius 2 is 2.24 bits per heavy atom. The van der Waals surface area contributed by atoms with E-state index in [4.69, 9.17) is 0 Å². The minimum absolute atomic E-state index is 0. The van der Waals surface area contributed by atoms with Crippen LogP contribution in [0.4, 0.5) is 4.39 Å². The minimum atomic E-state index is -0.223. The zero-order chi connectivity index (χ0) is 11.0. The van der Waals surface area contributed by atoms with Crippen molar-refractivity contribution >= 4 is 34.0 Å². The van der Waals surface area contributed by atoms with Crippen LogP contribution < -0.4 is 0 Å². The normalized spacial score (nSPS) is 10.4. The maximum Gasteiger partial charge on any atom is 0.123 e. The van der Waals surface area contributed by atoms with Gasteiger partial charge in [-0.15, -0.1) is 12.4 Å². The molecule has 0 bridgehead atoms. The molecule has 17 heavy (non-hydrogen) atoms. The van der Waals surface area contributed by atoms with Gasteiger partial charge in [-0.3, -0.25) is 0 Å². The number of imidazole rings is 1. The average Bonchev–Trinajstić information content (AvgIpc) is 2.90. The molecule has 0 N–H and O–H groups in total. The van der Waals surface area contributed by atoms with Crippen LogP contribution in [0.15, 0.2) is 36.9 Å². The van der Waals surface area contributed by atoms with Gasteiger partial charge in [0.2, 0.25) is 0 Å². The van der Waals surface area contributed by atoms with Crippen molar-refractivity contribution in [3.05, 3.63) is 48.4 Å². The maximum absolute atomic E-state index is 13.1. The number of benzene rings is 1. The molecule has 1 aromatic carbocycles. The lowest BCUT2D eigenvalue weighted by molar-refractivity contribution is 0.629. The van der Waals surface area contributed by atoms with Crippen molar-refractivity contribution in [1.29, 1.82) is 0 Å². The molecule has 0 saturated carbocycles. The Labute approximate surface area is 107 Å². The summed E-state index contributed by atoms with van der Waals surface area (Å²) in [4.78, 5) is 3.96. The van der Waals surface area contributed by atoms with Crippen LogP contribution in [0.2, 0.25) is 0 Å². The van der Waals surface area contributed by atoms with Gasteiger partial charge in [-0.25, -0.2) is 9.37 Å². The third-order valence-electron chi connectivity index (χ3n) is 2.40. The smallest absolute Gasteiger partial charge is 0.123 e. The van der Waals surface area contributed by atoms with Crippen LogP contribution in [-0.4, -0.2) is 13.9 Å². The summed E-state index contributed by atoms with van der Waals surface area (Å²) >= 11 is 1.39. The fourth-order valence-electron chi connectivity index (χ4n) is 1.63. The second-order valence-corrected chi connectivity index (χ2v) is 4.31. The summed E-state index contributed by atoms with van der Waals surface area (Å²) in [5.74, 6) is -0.223. The van der Waals surface area contributed by atoms with Crippen molar-refractivity contribution in [3.8, 4) is 0 Å². The predicted molar refractivity (Wildman–Crippen MR) is 68.2 cm³/mol. The van der Waals surface area contributed by atoms with E-state index in [-0.39, 0.29) is 18.2 Å². The molecule has 0 amide bonds. The molecule has 0 aliphatic rings. The maximum atomic E-state index is 13.1. The summed E-state index contributed by atoms with van der Waals surface area (Å²) < 4.78 is 20.4. The standard InChI is InChI=1S/C11H8FN3S.ClH/c12-8-1-2-11-9(5-8)10(14-16-11)6-15-4-3-13-7-15;/h1-5,7H,6H2;1H. The van der Waals surface area contributed by atoms with Crippen LogP contribution in [0.5, 0.6) is 0 Å². The van der Waals surface area contributed by atoms with E-state index in [0.717, 1.165) is 15.8 Å². The summed E-state index contributed by atoms with van der Waals surface area (Å²) in [6, 6.07) is 4.76. The molecule has 0 saturated heterocycles. The molecule has 0 spiro atoms. The van der Waals surface area contributed by atoms with Gasteiger partial charge in [0.05, 0.1) is 23.3 Å². The average molecular weight is 270 g/mol. The van der Waals surface area contributed by atoms with Gasteiger partial charge in [0, 0.05) is 17.8 Å². The molecule has 3 nitrogen and oxygen atoms in total. The van der Waals surface area contributed by atoms with Gasteiger partial charge in [0.15, 0.2) is 0 Å². The lowest BCUT2D eigenvalue weighted by Gasteiger charge is -1.98. The van der Waals surface area contributed by atoms with Crippen LogP contribution in [0.1, 0.15) is 5.69 Å². The molecule has 3 aromatic rings. The molecule has 2 heterocycles. The molecular formula is C11H9ClFN3S. The number of hydrogen-bond donors (Lipinski definition) is 0. The highest BCUT2D eigenvalue weighted by Crippen LogP contribution is 2.24. The molecule has 0 atom stereocenters. The Bertz CT molecular complexity index is 621. The van der Waals surface area contributed by atoms with E-state index in [2.05, 4.69) is 9.36 Å². The topological polar surface area (TPSA) is 30.7 Å². The monoisotopic (exact) mass is 269 g/mol. The number of halogens is 2. The van der Waals surface area contributed by atoms with Gasteiger partial charge in [-0.05, 0) is 29.7 Å². The summed E-state index contributed by atoms with van der Waals surface area (Å²) in [5.41, 5.74) is 0.887. The number of rotatable bonds is 2. The van der Waals surface area contributed by atoms with Gasteiger partial charge in [0.25, 0.3) is 0 Å². The molecule has 6 heteroatoms. The Morgan fingerprint density at radius 1 is 1.35 bits per heavy atom. The van der Waals surface area contributed by atoms with Crippen molar-refractivity contribution in [2.75, 3.05) is 0 Å². The van der Waals surface area contributed by atoms with E-state index < -0.39 is 0 Å². The lowest BCUT2D eigenvalue weighted by Crippen LogP contribution is -1.96. The third kappa shape index (κ3) is 2.30. The van der Waals surface area contributed by atoms with E-state index in [1.807, 2.05) is 10.8 Å². The fourth-order valence-corrected chi connectivity index (χ4v) is 2.40. The Balaban J connectivity index is 0.00000108. The van der Waals surface area contributed by atoms with Gasteiger partial charge in [-0.1, -0.05) is 0 Å². The SMILES string of the molecule is Cl.Fc1ccc2snc(Cn3ccnc3)c2c1. The highest BCUT2D eigenvalue weighted by atomic mass is 35.5. The molecule has 0 fully saturated rings. The van der Waals surface area contributed by atoms with E-state index in [9.17, 15) is 4.39 Å². The van der Waals surface area contributed by atoms with Crippen LogP contribution in [0, 0.1) is 5.82 Å².